The molecule has 1 amide bonds. The summed E-state index contributed by atoms with van der Waals surface area (Å²) < 4.78 is 5.98. The molecule has 3 aliphatic heterocycles. The van der Waals surface area contributed by atoms with Gasteiger partial charge < -0.3 is 14.5 Å². The summed E-state index contributed by atoms with van der Waals surface area (Å²) in [5.41, 5.74) is 1.99. The molecule has 0 saturated carbocycles. The molecule has 7 heteroatoms. The van der Waals surface area contributed by atoms with Crippen LogP contribution in [0.5, 0.6) is 0 Å². The number of nitrogens with zero attached hydrogens (tertiary/aromatic N) is 5. The zero-order valence-corrected chi connectivity index (χ0v) is 18.8. The molecule has 1 spiro atoms. The Morgan fingerprint density at radius 2 is 1.81 bits per heavy atom. The minimum atomic E-state index is -0.338. The highest BCUT2D eigenvalue weighted by atomic mass is 16.6. The molecule has 4 heterocycles. The summed E-state index contributed by atoms with van der Waals surface area (Å²) in [4.78, 5) is 28.5. The fraction of sp³-hybridized carbons (Fsp3) is 0.560. The molecule has 1 atom stereocenters. The number of benzene rings is 1. The molecule has 32 heavy (non-hydrogen) atoms. The number of aromatic nitrogens is 2. The molecule has 0 radical (unpaired) electrons. The van der Waals surface area contributed by atoms with E-state index in [9.17, 15) is 4.79 Å². The van der Waals surface area contributed by atoms with Gasteiger partial charge in [-0.1, -0.05) is 30.3 Å². The van der Waals surface area contributed by atoms with Gasteiger partial charge in [0.1, 0.15) is 5.60 Å². The number of hydrogen-bond donors (Lipinski definition) is 0. The van der Waals surface area contributed by atoms with Gasteiger partial charge in [0, 0.05) is 45.3 Å². The Bertz CT molecular complexity index is 918. The fourth-order valence-corrected chi connectivity index (χ4v) is 5.19. The van der Waals surface area contributed by atoms with Crippen LogP contribution in [0.25, 0.3) is 0 Å². The third-order valence-electron chi connectivity index (χ3n) is 7.02. The monoisotopic (exact) mass is 435 g/mol. The van der Waals surface area contributed by atoms with Crippen LogP contribution in [0.1, 0.15) is 43.4 Å². The van der Waals surface area contributed by atoms with Gasteiger partial charge in [0.2, 0.25) is 5.95 Å². The van der Waals surface area contributed by atoms with E-state index in [-0.39, 0.29) is 11.7 Å². The lowest BCUT2D eigenvalue weighted by molar-refractivity contribution is 0.0442. The third-order valence-corrected chi connectivity index (χ3v) is 7.02. The molecule has 3 saturated heterocycles. The summed E-state index contributed by atoms with van der Waals surface area (Å²) in [5.74, 6) is 0.866. The van der Waals surface area contributed by atoms with E-state index in [1.807, 2.05) is 35.4 Å². The van der Waals surface area contributed by atoms with Crippen LogP contribution in [0, 0.1) is 0 Å². The highest BCUT2D eigenvalue weighted by molar-refractivity contribution is 5.70. The quantitative estimate of drug-likeness (QED) is 0.692. The van der Waals surface area contributed by atoms with Crippen molar-refractivity contribution in [2.24, 2.45) is 0 Å². The van der Waals surface area contributed by atoms with Crippen LogP contribution in [-0.2, 0) is 17.7 Å². The maximum atomic E-state index is 12.6. The van der Waals surface area contributed by atoms with E-state index in [0.717, 1.165) is 70.0 Å². The maximum Gasteiger partial charge on any atom is 0.410 e. The van der Waals surface area contributed by atoms with Crippen molar-refractivity contribution in [1.82, 2.24) is 19.8 Å². The van der Waals surface area contributed by atoms with Crippen LogP contribution >= 0.6 is 0 Å². The van der Waals surface area contributed by atoms with Gasteiger partial charge in [-0.2, -0.15) is 0 Å². The predicted molar refractivity (Wildman–Crippen MR) is 124 cm³/mol. The Morgan fingerprint density at radius 1 is 0.969 bits per heavy atom. The Morgan fingerprint density at radius 3 is 2.66 bits per heavy atom. The number of hydrogen-bond acceptors (Lipinski definition) is 6. The molecule has 0 bridgehead atoms. The van der Waals surface area contributed by atoms with Crippen molar-refractivity contribution >= 4 is 12.0 Å². The van der Waals surface area contributed by atoms with Crippen LogP contribution in [0.15, 0.2) is 42.6 Å². The van der Waals surface area contributed by atoms with Gasteiger partial charge >= 0.3 is 6.09 Å². The van der Waals surface area contributed by atoms with Crippen molar-refractivity contribution in [1.29, 1.82) is 0 Å². The Balaban J connectivity index is 1.16. The molecule has 1 aromatic heterocycles. The summed E-state index contributed by atoms with van der Waals surface area (Å²) >= 11 is 0. The highest BCUT2D eigenvalue weighted by Gasteiger charge is 2.45. The summed E-state index contributed by atoms with van der Waals surface area (Å²) in [7, 11) is 0. The van der Waals surface area contributed by atoms with Gasteiger partial charge in [-0.15, -0.1) is 0 Å². The van der Waals surface area contributed by atoms with Gasteiger partial charge in [-0.25, -0.2) is 14.8 Å². The van der Waals surface area contributed by atoms with E-state index in [0.29, 0.717) is 13.1 Å². The summed E-state index contributed by atoms with van der Waals surface area (Å²) in [6.07, 6.45) is 7.89. The first-order valence-electron chi connectivity index (χ1n) is 12.0. The van der Waals surface area contributed by atoms with Crippen molar-refractivity contribution in [2.45, 2.75) is 50.7 Å². The van der Waals surface area contributed by atoms with E-state index in [4.69, 9.17) is 9.72 Å². The largest absolute Gasteiger partial charge is 0.441 e. The molecule has 1 unspecified atom stereocenters. The molecule has 5 rings (SSSR count). The van der Waals surface area contributed by atoms with Gasteiger partial charge in [0.05, 0.1) is 12.2 Å². The second kappa shape index (κ2) is 9.45. The van der Waals surface area contributed by atoms with Crippen molar-refractivity contribution in [3.63, 3.8) is 0 Å². The lowest BCUT2D eigenvalue weighted by atomic mass is 9.95. The molecular weight excluding hydrogens is 402 g/mol. The minimum Gasteiger partial charge on any atom is -0.441 e. The number of amides is 1. The predicted octanol–water partition coefficient (Wildman–Crippen LogP) is 3.50. The first kappa shape index (κ1) is 21.2. The molecule has 1 aromatic carbocycles. The van der Waals surface area contributed by atoms with Crippen LogP contribution < -0.4 is 4.90 Å². The first-order valence-corrected chi connectivity index (χ1v) is 12.0. The van der Waals surface area contributed by atoms with Crippen molar-refractivity contribution in [2.75, 3.05) is 44.2 Å². The van der Waals surface area contributed by atoms with Crippen LogP contribution in [0.4, 0.5) is 10.7 Å². The second-order valence-corrected chi connectivity index (χ2v) is 9.38. The molecule has 0 N–H and O–H groups in total. The first-order chi connectivity index (χ1) is 15.7. The molecule has 3 fully saturated rings. The molecule has 7 nitrogen and oxygen atoms in total. The summed E-state index contributed by atoms with van der Waals surface area (Å²) in [6, 6.07) is 12.4. The lowest BCUT2D eigenvalue weighted by Gasteiger charge is -2.25. The Hall–Kier alpha value is -2.67. The fourth-order valence-electron chi connectivity index (χ4n) is 5.19. The molecular formula is C25H33N5O2. The van der Waals surface area contributed by atoms with Crippen molar-refractivity contribution in [3.8, 4) is 0 Å². The lowest BCUT2D eigenvalue weighted by Crippen LogP contribution is -2.36. The van der Waals surface area contributed by atoms with E-state index in [1.165, 1.54) is 18.4 Å². The number of carbonyl (C=O) groups is 1. The number of rotatable bonds is 6. The normalized spacial score (nSPS) is 24.2. The van der Waals surface area contributed by atoms with Gasteiger partial charge in [0.15, 0.2) is 0 Å². The number of likely N-dealkylation sites (tertiary alicyclic amines) is 1. The second-order valence-electron chi connectivity index (χ2n) is 9.38. The van der Waals surface area contributed by atoms with Gasteiger partial charge in [0.25, 0.3) is 0 Å². The zero-order chi connectivity index (χ0) is 21.8. The van der Waals surface area contributed by atoms with Crippen molar-refractivity contribution < 1.29 is 9.53 Å². The number of carbonyl (C=O) groups excluding carboxylic acids is 1. The van der Waals surface area contributed by atoms with Gasteiger partial charge in [-0.3, -0.25) is 4.90 Å². The van der Waals surface area contributed by atoms with E-state index in [2.05, 4.69) is 26.9 Å². The van der Waals surface area contributed by atoms with E-state index in [1.54, 1.807) is 0 Å². The molecule has 170 valence electrons. The Kier molecular flexibility index (Phi) is 6.26. The van der Waals surface area contributed by atoms with E-state index >= 15 is 0 Å². The molecule has 0 aliphatic carbocycles. The van der Waals surface area contributed by atoms with Crippen LogP contribution in [0.2, 0.25) is 0 Å². The average molecular weight is 436 g/mol. The van der Waals surface area contributed by atoms with Gasteiger partial charge in [-0.05, 0) is 50.3 Å². The minimum absolute atomic E-state index is 0.152. The van der Waals surface area contributed by atoms with Crippen LogP contribution in [-0.4, -0.2) is 70.7 Å². The number of anilines is 1. The summed E-state index contributed by atoms with van der Waals surface area (Å²) in [6.45, 7) is 6.29. The van der Waals surface area contributed by atoms with E-state index < -0.39 is 0 Å². The Labute approximate surface area is 190 Å². The number of ether oxygens (including phenoxy) is 1. The average Bonchev–Trinajstić information content (AvgIpc) is 3.41. The highest BCUT2D eigenvalue weighted by Crippen LogP contribution is 2.33. The molecule has 3 aliphatic rings. The SMILES string of the molecule is O=C1OC2(CCCN(Cc3ccnc(N4CCCC4)n3)CC2)CN1CCc1ccccc1. The smallest absolute Gasteiger partial charge is 0.410 e. The zero-order valence-electron chi connectivity index (χ0n) is 18.8. The standard InChI is InChI=1S/C25H33N5O2/c31-24-30(17-10-21-7-2-1-3-8-21)20-25(32-24)11-6-14-28(18-12-25)19-22-9-13-26-23(27-22)29-15-4-5-16-29/h1-3,7-9,13H,4-6,10-12,14-20H2. The van der Waals surface area contributed by atoms with Crippen LogP contribution in [0.3, 0.4) is 0 Å². The summed E-state index contributed by atoms with van der Waals surface area (Å²) in [5, 5.41) is 0. The topological polar surface area (TPSA) is 61.8 Å². The molecule has 2 aromatic rings. The van der Waals surface area contributed by atoms with Crippen molar-refractivity contribution in [3.05, 3.63) is 53.9 Å². The maximum absolute atomic E-state index is 12.6. The third kappa shape index (κ3) is 4.88.